The summed E-state index contributed by atoms with van der Waals surface area (Å²) in [5.41, 5.74) is 4.62. The zero-order valence-electron chi connectivity index (χ0n) is 7.36. The van der Waals surface area contributed by atoms with Gasteiger partial charge in [-0.25, -0.2) is 0 Å². The predicted molar refractivity (Wildman–Crippen MR) is 45.9 cm³/mol. The van der Waals surface area contributed by atoms with Gasteiger partial charge in [0.1, 0.15) is 0 Å². The van der Waals surface area contributed by atoms with E-state index in [1.54, 1.807) is 11.1 Å². The van der Waals surface area contributed by atoms with Gasteiger partial charge < -0.3 is 0 Å². The van der Waals surface area contributed by atoms with E-state index < -0.39 is 0 Å². The van der Waals surface area contributed by atoms with Gasteiger partial charge in [0, 0.05) is 0 Å². The van der Waals surface area contributed by atoms with E-state index >= 15 is 0 Å². The summed E-state index contributed by atoms with van der Waals surface area (Å²) in [5.74, 6) is 0.690. The molecule has 0 radical (unpaired) electrons. The maximum absolute atomic E-state index is 2.38. The average molecular weight is 136 g/mol. The molecule has 0 aromatic rings. The first kappa shape index (κ1) is 7.59. The van der Waals surface area contributed by atoms with E-state index in [0.29, 0.717) is 5.92 Å². The molecule has 0 saturated carbocycles. The van der Waals surface area contributed by atoms with Gasteiger partial charge in [-0.15, -0.1) is 0 Å². The third-order valence-corrected chi connectivity index (χ3v) is 2.59. The summed E-state index contributed by atoms with van der Waals surface area (Å²) >= 11 is 0. The predicted octanol–water partition coefficient (Wildman–Crippen LogP) is 3.31. The van der Waals surface area contributed by atoms with E-state index in [0.717, 1.165) is 0 Å². The van der Waals surface area contributed by atoms with Gasteiger partial charge in [0.25, 0.3) is 0 Å². The normalized spacial score (nSPS) is 25.6. The second kappa shape index (κ2) is 2.61. The molecule has 0 aromatic heterocycles. The van der Waals surface area contributed by atoms with E-state index in [4.69, 9.17) is 0 Å². The van der Waals surface area contributed by atoms with Crippen LogP contribution in [-0.4, -0.2) is 0 Å². The molecule has 10 heavy (non-hydrogen) atoms. The fourth-order valence-electron chi connectivity index (χ4n) is 1.53. The molecule has 0 bridgehead atoms. The second-order valence-corrected chi connectivity index (χ2v) is 3.14. The van der Waals surface area contributed by atoms with Gasteiger partial charge in [-0.2, -0.15) is 0 Å². The lowest BCUT2D eigenvalue weighted by molar-refractivity contribution is 0.874. The zero-order chi connectivity index (χ0) is 7.72. The van der Waals surface area contributed by atoms with Crippen LogP contribution in [0.4, 0.5) is 0 Å². The third kappa shape index (κ3) is 1.03. The summed E-state index contributed by atoms with van der Waals surface area (Å²) < 4.78 is 0. The van der Waals surface area contributed by atoms with Crippen molar-refractivity contribution in [1.82, 2.24) is 0 Å². The van der Waals surface area contributed by atoms with E-state index in [1.807, 2.05) is 0 Å². The lowest BCUT2D eigenvalue weighted by atomic mass is 10.0. The Morgan fingerprint density at radius 3 is 2.20 bits per heavy atom. The standard InChI is InChI=1S/C10H16/c1-5-10-6-7(2)8(3)9(10)4/h6-7H,5H2,1-4H3. The van der Waals surface area contributed by atoms with Crippen molar-refractivity contribution in [2.75, 3.05) is 0 Å². The van der Waals surface area contributed by atoms with Crippen molar-refractivity contribution < 1.29 is 0 Å². The van der Waals surface area contributed by atoms with Crippen LogP contribution in [0.1, 0.15) is 34.1 Å². The van der Waals surface area contributed by atoms with Gasteiger partial charge >= 0.3 is 0 Å². The Morgan fingerprint density at radius 2 is 2.00 bits per heavy atom. The Balaban J connectivity index is 2.90. The van der Waals surface area contributed by atoms with Crippen molar-refractivity contribution in [1.29, 1.82) is 0 Å². The first-order valence-electron chi connectivity index (χ1n) is 4.05. The van der Waals surface area contributed by atoms with Crippen molar-refractivity contribution in [3.05, 3.63) is 22.8 Å². The van der Waals surface area contributed by atoms with Gasteiger partial charge in [-0.1, -0.05) is 25.5 Å². The van der Waals surface area contributed by atoms with Gasteiger partial charge in [0.05, 0.1) is 0 Å². The van der Waals surface area contributed by atoms with Gasteiger partial charge in [0.2, 0.25) is 0 Å². The summed E-state index contributed by atoms with van der Waals surface area (Å²) in [4.78, 5) is 0. The molecule has 1 aliphatic carbocycles. The lowest BCUT2D eigenvalue weighted by Crippen LogP contribution is -1.85. The van der Waals surface area contributed by atoms with Crippen molar-refractivity contribution in [2.45, 2.75) is 34.1 Å². The zero-order valence-corrected chi connectivity index (χ0v) is 7.36. The molecule has 0 amide bonds. The minimum atomic E-state index is 0.690. The minimum Gasteiger partial charge on any atom is -0.0741 e. The Hall–Kier alpha value is -0.520. The van der Waals surface area contributed by atoms with Crippen LogP contribution in [0.5, 0.6) is 0 Å². The van der Waals surface area contributed by atoms with Gasteiger partial charge in [-0.3, -0.25) is 0 Å². The molecule has 0 spiro atoms. The quantitative estimate of drug-likeness (QED) is 0.518. The number of hydrogen-bond acceptors (Lipinski definition) is 0. The topological polar surface area (TPSA) is 0 Å². The van der Waals surface area contributed by atoms with E-state index in [-0.39, 0.29) is 0 Å². The minimum absolute atomic E-state index is 0.690. The molecule has 0 N–H and O–H groups in total. The SMILES string of the molecule is CCC1=CC(C)C(C)=C1C. The summed E-state index contributed by atoms with van der Waals surface area (Å²) in [5, 5.41) is 0. The van der Waals surface area contributed by atoms with E-state index in [1.165, 1.54) is 12.0 Å². The molecular weight excluding hydrogens is 120 g/mol. The molecule has 56 valence electrons. The average Bonchev–Trinajstić information content (AvgIpc) is 2.17. The van der Waals surface area contributed by atoms with Gasteiger partial charge in [-0.05, 0) is 37.3 Å². The second-order valence-electron chi connectivity index (χ2n) is 3.14. The molecule has 0 aliphatic heterocycles. The molecule has 1 unspecified atom stereocenters. The van der Waals surface area contributed by atoms with Crippen LogP contribution in [0.2, 0.25) is 0 Å². The Bertz CT molecular complexity index is 194. The molecule has 0 saturated heterocycles. The van der Waals surface area contributed by atoms with E-state index in [9.17, 15) is 0 Å². The molecule has 0 nitrogen and oxygen atoms in total. The summed E-state index contributed by atoms with van der Waals surface area (Å²) in [6.07, 6.45) is 3.57. The monoisotopic (exact) mass is 136 g/mol. The maximum Gasteiger partial charge on any atom is -0.00427 e. The Kier molecular flexibility index (Phi) is 1.98. The first-order chi connectivity index (χ1) is 4.66. The highest BCUT2D eigenvalue weighted by Crippen LogP contribution is 2.31. The maximum atomic E-state index is 2.38. The van der Waals surface area contributed by atoms with Crippen LogP contribution in [-0.2, 0) is 0 Å². The van der Waals surface area contributed by atoms with Crippen LogP contribution < -0.4 is 0 Å². The molecule has 0 aromatic carbocycles. The van der Waals surface area contributed by atoms with Crippen LogP contribution in [0.25, 0.3) is 0 Å². The highest BCUT2D eigenvalue weighted by atomic mass is 14.2. The van der Waals surface area contributed by atoms with Crippen molar-refractivity contribution in [3.63, 3.8) is 0 Å². The fraction of sp³-hybridized carbons (Fsp3) is 0.600. The fourth-order valence-corrected chi connectivity index (χ4v) is 1.53. The summed E-state index contributed by atoms with van der Waals surface area (Å²) in [7, 11) is 0. The van der Waals surface area contributed by atoms with Crippen LogP contribution in [0.3, 0.4) is 0 Å². The molecule has 0 heterocycles. The number of rotatable bonds is 1. The molecule has 0 fully saturated rings. The van der Waals surface area contributed by atoms with Crippen LogP contribution in [0, 0.1) is 5.92 Å². The van der Waals surface area contributed by atoms with E-state index in [2.05, 4.69) is 33.8 Å². The highest BCUT2D eigenvalue weighted by molar-refractivity contribution is 5.41. The van der Waals surface area contributed by atoms with Crippen molar-refractivity contribution in [2.24, 2.45) is 5.92 Å². The lowest BCUT2D eigenvalue weighted by Gasteiger charge is -2.01. The largest absolute Gasteiger partial charge is 0.0741 e. The molecule has 0 heteroatoms. The third-order valence-electron chi connectivity index (χ3n) is 2.59. The molecule has 1 rings (SSSR count). The molecule has 1 atom stereocenters. The smallest absolute Gasteiger partial charge is 0.00427 e. The summed E-state index contributed by atoms with van der Waals surface area (Å²) in [6.45, 7) is 8.95. The molecular formula is C10H16. The highest BCUT2D eigenvalue weighted by Gasteiger charge is 2.14. The van der Waals surface area contributed by atoms with Crippen molar-refractivity contribution in [3.8, 4) is 0 Å². The van der Waals surface area contributed by atoms with Crippen LogP contribution >= 0.6 is 0 Å². The van der Waals surface area contributed by atoms with Crippen LogP contribution in [0.15, 0.2) is 22.8 Å². The summed E-state index contributed by atoms with van der Waals surface area (Å²) in [6, 6.07) is 0. The number of allylic oxidation sites excluding steroid dienone is 4. The Labute approximate surface area is 63.6 Å². The number of hydrogen-bond donors (Lipinski definition) is 0. The molecule has 1 aliphatic rings. The van der Waals surface area contributed by atoms with Gasteiger partial charge in [0.15, 0.2) is 0 Å². The Morgan fingerprint density at radius 1 is 1.40 bits per heavy atom. The van der Waals surface area contributed by atoms with Crippen molar-refractivity contribution >= 4 is 0 Å². The first-order valence-corrected chi connectivity index (χ1v) is 4.05.